The number of esters is 1. The van der Waals surface area contributed by atoms with E-state index < -0.39 is 0 Å². The molecular weight excluding hydrogens is 130 g/mol. The molecule has 0 aliphatic rings. The van der Waals surface area contributed by atoms with Gasteiger partial charge in [0.15, 0.2) is 0 Å². The van der Waals surface area contributed by atoms with Gasteiger partial charge in [0.1, 0.15) is 6.04 Å². The standard InChI is InChI=1S/C7H14NO2/c1-5(2)6(8-3)7(9)10-4/h5-6,8H,3H2,1-2,4H3. The molecule has 0 aliphatic carbocycles. The third-order valence-corrected chi connectivity index (χ3v) is 1.34. The van der Waals surface area contributed by atoms with Crippen molar-refractivity contribution in [3.8, 4) is 0 Å². The van der Waals surface area contributed by atoms with Gasteiger partial charge in [-0.15, -0.1) is 0 Å². The number of carbonyl (C=O) groups excluding carboxylic acids is 1. The van der Waals surface area contributed by atoms with Gasteiger partial charge in [0.25, 0.3) is 0 Å². The highest BCUT2D eigenvalue weighted by molar-refractivity contribution is 5.75. The lowest BCUT2D eigenvalue weighted by molar-refractivity contribution is -0.144. The lowest BCUT2D eigenvalue weighted by Gasteiger charge is -2.16. The number of nitrogens with one attached hydrogen (secondary N) is 1. The third-order valence-electron chi connectivity index (χ3n) is 1.34. The first kappa shape index (κ1) is 9.43. The molecule has 10 heavy (non-hydrogen) atoms. The lowest BCUT2D eigenvalue weighted by atomic mass is 10.1. The maximum Gasteiger partial charge on any atom is 0.323 e. The summed E-state index contributed by atoms with van der Waals surface area (Å²) in [6.45, 7) is 3.86. The molecule has 1 N–H and O–H groups in total. The molecule has 0 heterocycles. The summed E-state index contributed by atoms with van der Waals surface area (Å²) in [6, 6.07) is -0.287. The highest BCUT2D eigenvalue weighted by atomic mass is 16.5. The van der Waals surface area contributed by atoms with Crippen LogP contribution in [0.5, 0.6) is 0 Å². The van der Waals surface area contributed by atoms with Crippen LogP contribution in [0, 0.1) is 13.0 Å². The first-order valence-corrected chi connectivity index (χ1v) is 3.24. The Morgan fingerprint density at radius 3 is 2.20 bits per heavy atom. The van der Waals surface area contributed by atoms with Crippen LogP contribution in [0.25, 0.3) is 0 Å². The second kappa shape index (κ2) is 4.28. The smallest absolute Gasteiger partial charge is 0.323 e. The molecule has 0 amide bonds. The Morgan fingerprint density at radius 2 is 2.10 bits per heavy atom. The molecule has 59 valence electrons. The zero-order valence-electron chi connectivity index (χ0n) is 6.68. The van der Waals surface area contributed by atoms with Gasteiger partial charge in [-0.05, 0) is 5.92 Å². The van der Waals surface area contributed by atoms with E-state index in [9.17, 15) is 4.79 Å². The molecule has 0 saturated heterocycles. The zero-order chi connectivity index (χ0) is 8.15. The van der Waals surface area contributed by atoms with Gasteiger partial charge in [-0.2, -0.15) is 0 Å². The normalized spacial score (nSPS) is 13.3. The van der Waals surface area contributed by atoms with Gasteiger partial charge in [-0.25, -0.2) is 0 Å². The Balaban J connectivity index is 3.93. The number of ether oxygens (including phenoxy) is 1. The first-order valence-electron chi connectivity index (χ1n) is 3.24. The molecule has 0 fully saturated rings. The fourth-order valence-electron chi connectivity index (χ4n) is 0.718. The number of carbonyl (C=O) groups is 1. The predicted octanol–water partition coefficient (Wildman–Crippen LogP) is 0.565. The summed E-state index contributed by atoms with van der Waals surface area (Å²) in [5.41, 5.74) is 0. The van der Waals surface area contributed by atoms with Gasteiger partial charge in [0, 0.05) is 7.05 Å². The van der Waals surface area contributed by atoms with E-state index in [0.717, 1.165) is 0 Å². The van der Waals surface area contributed by atoms with Crippen LogP contribution in [0.1, 0.15) is 13.8 Å². The van der Waals surface area contributed by atoms with Crippen LogP contribution in [0.15, 0.2) is 0 Å². The maximum atomic E-state index is 10.9. The number of rotatable bonds is 3. The third kappa shape index (κ3) is 2.35. The minimum atomic E-state index is -0.287. The van der Waals surface area contributed by atoms with Gasteiger partial charge in [-0.1, -0.05) is 13.8 Å². The van der Waals surface area contributed by atoms with Gasteiger partial charge in [-0.3, -0.25) is 4.79 Å². The van der Waals surface area contributed by atoms with Crippen molar-refractivity contribution < 1.29 is 9.53 Å². The van der Waals surface area contributed by atoms with Crippen LogP contribution in [0.3, 0.4) is 0 Å². The Morgan fingerprint density at radius 1 is 1.60 bits per heavy atom. The van der Waals surface area contributed by atoms with E-state index >= 15 is 0 Å². The molecule has 0 aromatic rings. The second-order valence-electron chi connectivity index (χ2n) is 2.45. The fourth-order valence-corrected chi connectivity index (χ4v) is 0.718. The topological polar surface area (TPSA) is 38.3 Å². The zero-order valence-corrected chi connectivity index (χ0v) is 6.68. The average Bonchev–Trinajstić information content (AvgIpc) is 1.88. The van der Waals surface area contributed by atoms with Crippen molar-refractivity contribution in [3.05, 3.63) is 7.05 Å². The summed E-state index contributed by atoms with van der Waals surface area (Å²) >= 11 is 0. The molecular formula is C7H14NO2. The van der Waals surface area contributed by atoms with Gasteiger partial charge in [0.05, 0.1) is 7.11 Å². The first-order chi connectivity index (χ1) is 4.63. The van der Waals surface area contributed by atoms with E-state index in [-0.39, 0.29) is 17.9 Å². The van der Waals surface area contributed by atoms with E-state index in [1.54, 1.807) is 0 Å². The van der Waals surface area contributed by atoms with Crippen molar-refractivity contribution in [3.63, 3.8) is 0 Å². The van der Waals surface area contributed by atoms with Crippen molar-refractivity contribution in [2.45, 2.75) is 19.9 Å². The summed E-state index contributed by atoms with van der Waals surface area (Å²) in [5.74, 6) is -0.0463. The predicted molar refractivity (Wildman–Crippen MR) is 39.1 cm³/mol. The molecule has 0 spiro atoms. The Hall–Kier alpha value is -0.570. The van der Waals surface area contributed by atoms with Crippen molar-refractivity contribution in [2.75, 3.05) is 7.11 Å². The molecule has 0 bridgehead atoms. The highest BCUT2D eigenvalue weighted by Crippen LogP contribution is 2.01. The minimum absolute atomic E-state index is 0.213. The van der Waals surface area contributed by atoms with E-state index in [1.165, 1.54) is 7.11 Å². The van der Waals surface area contributed by atoms with E-state index in [2.05, 4.69) is 17.1 Å². The quantitative estimate of drug-likeness (QED) is 0.588. The van der Waals surface area contributed by atoms with Crippen molar-refractivity contribution in [1.82, 2.24) is 5.32 Å². The second-order valence-corrected chi connectivity index (χ2v) is 2.45. The van der Waals surface area contributed by atoms with Crippen LogP contribution in [-0.2, 0) is 9.53 Å². The van der Waals surface area contributed by atoms with Gasteiger partial charge < -0.3 is 10.1 Å². The van der Waals surface area contributed by atoms with Gasteiger partial charge in [0.2, 0.25) is 0 Å². The molecule has 3 nitrogen and oxygen atoms in total. The summed E-state index contributed by atoms with van der Waals surface area (Å²) in [6.07, 6.45) is 0. The fraction of sp³-hybridized carbons (Fsp3) is 0.714. The molecule has 1 unspecified atom stereocenters. The summed E-state index contributed by atoms with van der Waals surface area (Å²) in [4.78, 5) is 10.9. The molecule has 0 aromatic carbocycles. The molecule has 0 saturated carbocycles. The number of hydrogen-bond acceptors (Lipinski definition) is 3. The average molecular weight is 144 g/mol. The van der Waals surface area contributed by atoms with Crippen molar-refractivity contribution >= 4 is 5.97 Å². The van der Waals surface area contributed by atoms with Crippen molar-refractivity contribution in [2.24, 2.45) is 5.92 Å². The molecule has 0 rings (SSSR count). The maximum absolute atomic E-state index is 10.9. The number of hydrogen-bond donors (Lipinski definition) is 1. The summed E-state index contributed by atoms with van der Waals surface area (Å²) in [5, 5.41) is 2.63. The summed E-state index contributed by atoms with van der Waals surface area (Å²) < 4.78 is 4.52. The van der Waals surface area contributed by atoms with E-state index in [1.807, 2.05) is 13.8 Å². The van der Waals surface area contributed by atoms with Crippen LogP contribution in [0.2, 0.25) is 0 Å². The molecule has 3 heteroatoms. The Bertz CT molecular complexity index is 112. The minimum Gasteiger partial charge on any atom is -0.468 e. The SMILES string of the molecule is [CH2]NC(C(=O)OC)C(C)C. The Labute approximate surface area is 61.8 Å². The van der Waals surface area contributed by atoms with Crippen LogP contribution in [-0.4, -0.2) is 19.1 Å². The lowest BCUT2D eigenvalue weighted by Crippen LogP contribution is -2.38. The van der Waals surface area contributed by atoms with Crippen molar-refractivity contribution in [1.29, 1.82) is 0 Å². The summed E-state index contributed by atoms with van der Waals surface area (Å²) in [7, 11) is 4.80. The van der Waals surface area contributed by atoms with E-state index in [4.69, 9.17) is 0 Å². The molecule has 1 radical (unpaired) electrons. The monoisotopic (exact) mass is 144 g/mol. The molecule has 0 aromatic heterocycles. The Kier molecular flexibility index (Phi) is 4.03. The molecule has 1 atom stereocenters. The van der Waals surface area contributed by atoms with Crippen LogP contribution in [0.4, 0.5) is 0 Å². The highest BCUT2D eigenvalue weighted by Gasteiger charge is 2.19. The van der Waals surface area contributed by atoms with Gasteiger partial charge >= 0.3 is 5.97 Å². The largest absolute Gasteiger partial charge is 0.468 e. The number of methoxy groups -OCH3 is 1. The molecule has 0 aliphatic heterocycles. The van der Waals surface area contributed by atoms with Crippen LogP contribution >= 0.6 is 0 Å². The van der Waals surface area contributed by atoms with Crippen LogP contribution < -0.4 is 5.32 Å². The van der Waals surface area contributed by atoms with E-state index in [0.29, 0.717) is 0 Å².